The molecule has 114 valence electrons. The fourth-order valence-corrected chi connectivity index (χ4v) is 2.88. The van der Waals surface area contributed by atoms with Crippen LogP contribution >= 0.6 is 0 Å². The smallest absolute Gasteiger partial charge is 0.311 e. The lowest BCUT2D eigenvalue weighted by Gasteiger charge is -2.33. The Bertz CT molecular complexity index is 550. The molecule has 0 aliphatic heterocycles. The quantitative estimate of drug-likeness (QED) is 0.897. The number of benzene rings is 1. The Morgan fingerprint density at radius 3 is 2.57 bits per heavy atom. The number of hydrogen-bond acceptors (Lipinski definition) is 2. The van der Waals surface area contributed by atoms with Crippen LogP contribution in [-0.4, -0.2) is 23.5 Å². The number of rotatable bonds is 4. The summed E-state index contributed by atoms with van der Waals surface area (Å²) in [6.07, 6.45) is 3.91. The molecule has 2 N–H and O–H groups in total. The predicted molar refractivity (Wildman–Crippen MR) is 76.6 cm³/mol. The average molecular weight is 293 g/mol. The molecule has 21 heavy (non-hydrogen) atoms. The third kappa shape index (κ3) is 3.40. The number of amides is 1. The molecule has 0 radical (unpaired) electrons. The number of halogens is 1. The van der Waals surface area contributed by atoms with Crippen LogP contribution in [0.3, 0.4) is 0 Å². The highest BCUT2D eigenvalue weighted by Crippen LogP contribution is 2.36. The van der Waals surface area contributed by atoms with Crippen LogP contribution in [0.2, 0.25) is 0 Å². The summed E-state index contributed by atoms with van der Waals surface area (Å²) in [5.74, 6) is -1.76. The Morgan fingerprint density at radius 1 is 1.29 bits per heavy atom. The number of aryl methyl sites for hydroxylation is 1. The van der Waals surface area contributed by atoms with Gasteiger partial charge in [0, 0.05) is 12.1 Å². The van der Waals surface area contributed by atoms with E-state index >= 15 is 0 Å². The van der Waals surface area contributed by atoms with E-state index in [2.05, 4.69) is 5.32 Å². The summed E-state index contributed by atoms with van der Waals surface area (Å²) in [7, 11) is 0. The van der Waals surface area contributed by atoms with Gasteiger partial charge in [-0.1, -0.05) is 25.3 Å². The summed E-state index contributed by atoms with van der Waals surface area (Å²) in [5.41, 5.74) is 0.0445. The van der Waals surface area contributed by atoms with Crippen LogP contribution in [0.4, 0.5) is 4.39 Å². The second kappa shape index (κ2) is 6.24. The van der Waals surface area contributed by atoms with E-state index in [1.165, 1.54) is 18.2 Å². The largest absolute Gasteiger partial charge is 0.481 e. The first-order chi connectivity index (χ1) is 9.94. The van der Waals surface area contributed by atoms with Gasteiger partial charge in [0.2, 0.25) is 0 Å². The zero-order valence-electron chi connectivity index (χ0n) is 12.1. The maximum absolute atomic E-state index is 13.2. The molecule has 1 aliphatic carbocycles. The first-order valence-corrected chi connectivity index (χ1v) is 7.22. The molecular formula is C16H20FNO3. The number of nitrogens with one attached hydrogen (secondary N) is 1. The molecule has 1 amide bonds. The third-order valence-corrected chi connectivity index (χ3v) is 4.30. The fourth-order valence-electron chi connectivity index (χ4n) is 2.88. The Balaban J connectivity index is 2.08. The van der Waals surface area contributed by atoms with Crippen molar-refractivity contribution in [3.8, 4) is 0 Å². The van der Waals surface area contributed by atoms with E-state index in [1.54, 1.807) is 6.92 Å². The van der Waals surface area contributed by atoms with Gasteiger partial charge in [0.25, 0.3) is 5.91 Å². The molecule has 1 aromatic rings. The minimum atomic E-state index is -0.880. The van der Waals surface area contributed by atoms with Crippen LogP contribution in [0.25, 0.3) is 0 Å². The van der Waals surface area contributed by atoms with Gasteiger partial charge in [-0.15, -0.1) is 0 Å². The lowest BCUT2D eigenvalue weighted by Crippen LogP contribution is -2.44. The maximum Gasteiger partial charge on any atom is 0.311 e. The summed E-state index contributed by atoms with van der Waals surface area (Å²) >= 11 is 0. The number of carbonyl (C=O) groups is 2. The van der Waals surface area contributed by atoms with Gasteiger partial charge < -0.3 is 10.4 Å². The number of carboxylic acid groups (broad SMARTS) is 1. The highest BCUT2D eigenvalue weighted by molar-refractivity contribution is 5.96. The van der Waals surface area contributed by atoms with E-state index in [9.17, 15) is 19.1 Å². The van der Waals surface area contributed by atoms with Crippen LogP contribution in [0, 0.1) is 18.2 Å². The maximum atomic E-state index is 13.2. The van der Waals surface area contributed by atoms with Crippen molar-refractivity contribution >= 4 is 11.9 Å². The molecular weight excluding hydrogens is 273 g/mol. The topological polar surface area (TPSA) is 66.4 Å². The molecule has 0 saturated heterocycles. The molecule has 0 heterocycles. The molecule has 1 aliphatic rings. The SMILES string of the molecule is Cc1ccc(F)cc1C(=O)NCC1(C(=O)O)CCCCC1. The molecule has 0 unspecified atom stereocenters. The number of carboxylic acids is 1. The second-order valence-electron chi connectivity index (χ2n) is 5.79. The van der Waals surface area contributed by atoms with Crippen molar-refractivity contribution < 1.29 is 19.1 Å². The van der Waals surface area contributed by atoms with Crippen molar-refractivity contribution in [1.82, 2.24) is 5.32 Å². The molecule has 1 aromatic carbocycles. The normalized spacial score (nSPS) is 17.2. The zero-order chi connectivity index (χ0) is 15.5. The van der Waals surface area contributed by atoms with E-state index in [0.29, 0.717) is 18.4 Å². The van der Waals surface area contributed by atoms with Crippen molar-refractivity contribution in [3.05, 3.63) is 35.1 Å². The van der Waals surface area contributed by atoms with Gasteiger partial charge in [-0.2, -0.15) is 0 Å². The highest BCUT2D eigenvalue weighted by atomic mass is 19.1. The molecule has 0 bridgehead atoms. The van der Waals surface area contributed by atoms with Crippen molar-refractivity contribution in [2.45, 2.75) is 39.0 Å². The van der Waals surface area contributed by atoms with Crippen LogP contribution in [0.1, 0.15) is 48.0 Å². The van der Waals surface area contributed by atoms with E-state index < -0.39 is 23.1 Å². The first kappa shape index (κ1) is 15.5. The molecule has 5 heteroatoms. The summed E-state index contributed by atoms with van der Waals surface area (Å²) in [6.45, 7) is 1.82. The summed E-state index contributed by atoms with van der Waals surface area (Å²) in [5, 5.41) is 12.1. The van der Waals surface area contributed by atoms with Crippen LogP contribution in [-0.2, 0) is 4.79 Å². The minimum absolute atomic E-state index is 0.0944. The van der Waals surface area contributed by atoms with Gasteiger partial charge >= 0.3 is 5.97 Å². The lowest BCUT2D eigenvalue weighted by molar-refractivity contribution is -0.150. The van der Waals surface area contributed by atoms with Gasteiger partial charge in [0.15, 0.2) is 0 Å². The first-order valence-electron chi connectivity index (χ1n) is 7.22. The Hall–Kier alpha value is -1.91. The number of hydrogen-bond donors (Lipinski definition) is 2. The average Bonchev–Trinajstić information content (AvgIpc) is 2.48. The Kier molecular flexibility index (Phi) is 4.60. The van der Waals surface area contributed by atoms with E-state index in [-0.39, 0.29) is 12.1 Å². The molecule has 2 rings (SSSR count). The fraction of sp³-hybridized carbons (Fsp3) is 0.500. The molecule has 4 nitrogen and oxygen atoms in total. The molecule has 1 fully saturated rings. The summed E-state index contributed by atoms with van der Waals surface area (Å²) < 4.78 is 13.2. The molecule has 0 spiro atoms. The highest BCUT2D eigenvalue weighted by Gasteiger charge is 2.39. The van der Waals surface area contributed by atoms with Crippen molar-refractivity contribution in [1.29, 1.82) is 0 Å². The summed E-state index contributed by atoms with van der Waals surface area (Å²) in [6, 6.07) is 4.02. The van der Waals surface area contributed by atoms with Crippen molar-refractivity contribution in [2.24, 2.45) is 5.41 Å². The standard InChI is InChI=1S/C16H20FNO3/c1-11-5-6-12(17)9-13(11)14(19)18-10-16(15(20)21)7-3-2-4-8-16/h5-6,9H,2-4,7-8,10H2,1H3,(H,18,19)(H,20,21). The van der Waals surface area contributed by atoms with E-state index in [0.717, 1.165) is 19.3 Å². The van der Waals surface area contributed by atoms with Gasteiger partial charge in [0.1, 0.15) is 5.82 Å². The number of aliphatic carboxylic acids is 1. The number of carbonyl (C=O) groups excluding carboxylic acids is 1. The molecule has 1 saturated carbocycles. The second-order valence-corrected chi connectivity index (χ2v) is 5.79. The predicted octanol–water partition coefficient (Wildman–Crippen LogP) is 2.90. The van der Waals surface area contributed by atoms with Crippen LogP contribution in [0.15, 0.2) is 18.2 Å². The van der Waals surface area contributed by atoms with Crippen molar-refractivity contribution in [3.63, 3.8) is 0 Å². The van der Waals surface area contributed by atoms with Crippen molar-refractivity contribution in [2.75, 3.05) is 6.54 Å². The molecule has 0 atom stereocenters. The van der Waals surface area contributed by atoms with Gasteiger partial charge in [-0.05, 0) is 37.5 Å². The van der Waals surface area contributed by atoms with Crippen LogP contribution < -0.4 is 5.32 Å². The van der Waals surface area contributed by atoms with E-state index in [4.69, 9.17) is 0 Å². The van der Waals surface area contributed by atoms with Gasteiger partial charge in [-0.3, -0.25) is 9.59 Å². The van der Waals surface area contributed by atoms with Gasteiger partial charge in [0.05, 0.1) is 5.41 Å². The summed E-state index contributed by atoms with van der Waals surface area (Å²) in [4.78, 5) is 23.7. The van der Waals surface area contributed by atoms with Crippen LogP contribution in [0.5, 0.6) is 0 Å². The zero-order valence-corrected chi connectivity index (χ0v) is 12.1. The van der Waals surface area contributed by atoms with Gasteiger partial charge in [-0.25, -0.2) is 4.39 Å². The third-order valence-electron chi connectivity index (χ3n) is 4.30. The minimum Gasteiger partial charge on any atom is -0.481 e. The van der Waals surface area contributed by atoms with E-state index in [1.807, 2.05) is 0 Å². The Labute approximate surface area is 123 Å². The molecule has 0 aromatic heterocycles. The lowest BCUT2D eigenvalue weighted by atomic mass is 9.74. The Morgan fingerprint density at radius 2 is 1.95 bits per heavy atom. The monoisotopic (exact) mass is 293 g/mol.